The lowest BCUT2D eigenvalue weighted by atomic mass is 9.73. The number of pyridine rings is 1. The van der Waals surface area contributed by atoms with Gasteiger partial charge >= 0.3 is 6.09 Å². The Bertz CT molecular complexity index is 803. The Hall–Kier alpha value is -1.47. The molecule has 1 spiro atoms. The minimum absolute atomic E-state index is 0.0218. The van der Waals surface area contributed by atoms with E-state index in [1.807, 2.05) is 54.7 Å². The standard InChI is InChI=1S/C22H35N3O3S/c1-15-12-16-13-22(8-10-25(11-9-22)19(26)28-20(2,3)4)18(17(16)14-23-15)24-29(27)21(5,6)7/h12,14,18,24H,8-11,13H2,1-7H3. The molecule has 3 rings (SSSR count). The zero-order valence-corrected chi connectivity index (χ0v) is 19.6. The van der Waals surface area contributed by atoms with Crippen LogP contribution in [0.25, 0.3) is 0 Å². The van der Waals surface area contributed by atoms with E-state index >= 15 is 0 Å². The van der Waals surface area contributed by atoms with E-state index in [4.69, 9.17) is 4.74 Å². The first-order valence-electron chi connectivity index (χ1n) is 10.4. The van der Waals surface area contributed by atoms with Gasteiger partial charge in [0.15, 0.2) is 0 Å². The Morgan fingerprint density at radius 1 is 1.24 bits per heavy atom. The van der Waals surface area contributed by atoms with Crippen molar-refractivity contribution in [1.82, 2.24) is 14.6 Å². The van der Waals surface area contributed by atoms with Crippen LogP contribution < -0.4 is 4.72 Å². The summed E-state index contributed by atoms with van der Waals surface area (Å²) in [4.78, 5) is 18.8. The third-order valence-corrected chi connectivity index (χ3v) is 7.38. The number of carbonyl (C=O) groups excluding carboxylic acids is 1. The summed E-state index contributed by atoms with van der Waals surface area (Å²) in [6.07, 6.45) is 4.31. The Balaban J connectivity index is 1.82. The molecule has 2 aliphatic rings. The molecule has 162 valence electrons. The van der Waals surface area contributed by atoms with E-state index in [1.54, 1.807) is 4.90 Å². The molecule has 2 unspecified atom stereocenters. The zero-order chi connectivity index (χ0) is 21.6. The molecular formula is C22H35N3O3S. The van der Waals surface area contributed by atoms with Gasteiger partial charge in [-0.3, -0.25) is 4.98 Å². The highest BCUT2D eigenvalue weighted by atomic mass is 32.2. The smallest absolute Gasteiger partial charge is 0.410 e. The van der Waals surface area contributed by atoms with Crippen LogP contribution in [0.5, 0.6) is 0 Å². The molecule has 29 heavy (non-hydrogen) atoms. The maximum absolute atomic E-state index is 12.9. The lowest BCUT2D eigenvalue weighted by Crippen LogP contribution is -2.49. The number of nitrogens with zero attached hydrogens (tertiary/aromatic N) is 2. The summed E-state index contributed by atoms with van der Waals surface area (Å²) in [6.45, 7) is 14.9. The van der Waals surface area contributed by atoms with Gasteiger partial charge in [-0.25, -0.2) is 13.7 Å². The summed E-state index contributed by atoms with van der Waals surface area (Å²) in [5.74, 6) is 0. The fourth-order valence-electron chi connectivity index (χ4n) is 4.25. The summed E-state index contributed by atoms with van der Waals surface area (Å²) in [5.41, 5.74) is 2.89. The molecule has 2 atom stereocenters. The number of aromatic nitrogens is 1. The number of fused-ring (bicyclic) bond motifs is 1. The number of likely N-dealkylation sites (tertiary alicyclic amines) is 1. The minimum Gasteiger partial charge on any atom is -0.444 e. The van der Waals surface area contributed by atoms with Gasteiger partial charge in [0.05, 0.1) is 21.8 Å². The van der Waals surface area contributed by atoms with Gasteiger partial charge in [0.25, 0.3) is 0 Å². The second kappa shape index (κ2) is 7.65. The number of hydrogen-bond donors (Lipinski definition) is 1. The number of aryl methyl sites for hydroxylation is 1. The van der Waals surface area contributed by atoms with Gasteiger partial charge in [-0.05, 0) is 90.3 Å². The van der Waals surface area contributed by atoms with Gasteiger partial charge in [0, 0.05) is 25.0 Å². The highest BCUT2D eigenvalue weighted by Crippen LogP contribution is 2.52. The summed E-state index contributed by atoms with van der Waals surface area (Å²) in [6, 6.07) is 2.13. The Morgan fingerprint density at radius 3 is 2.41 bits per heavy atom. The predicted molar refractivity (Wildman–Crippen MR) is 116 cm³/mol. The van der Waals surface area contributed by atoms with Crippen molar-refractivity contribution in [3.63, 3.8) is 0 Å². The molecule has 0 saturated carbocycles. The SMILES string of the molecule is Cc1cc2c(cn1)C(NS(=O)C(C)(C)C)C1(CCN(C(=O)OC(C)(C)C)CC1)C2. The Morgan fingerprint density at radius 2 is 1.86 bits per heavy atom. The topological polar surface area (TPSA) is 71.5 Å². The summed E-state index contributed by atoms with van der Waals surface area (Å²) < 4.78 is 21.6. The summed E-state index contributed by atoms with van der Waals surface area (Å²) >= 11 is 0. The molecule has 1 saturated heterocycles. The zero-order valence-electron chi connectivity index (χ0n) is 18.8. The Kier molecular flexibility index (Phi) is 5.86. The lowest BCUT2D eigenvalue weighted by Gasteiger charge is -2.43. The normalized spacial score (nSPS) is 22.4. The number of nitrogens with one attached hydrogen (secondary N) is 1. The number of carbonyl (C=O) groups is 1. The van der Waals surface area contributed by atoms with E-state index in [0.717, 1.165) is 30.5 Å². The number of amides is 1. The van der Waals surface area contributed by atoms with Crippen LogP contribution in [0.1, 0.15) is 77.2 Å². The van der Waals surface area contributed by atoms with Gasteiger partial charge in [-0.15, -0.1) is 0 Å². The highest BCUT2D eigenvalue weighted by molar-refractivity contribution is 7.84. The molecule has 1 aromatic rings. The molecular weight excluding hydrogens is 386 g/mol. The molecule has 0 radical (unpaired) electrons. The largest absolute Gasteiger partial charge is 0.444 e. The second-order valence-corrected chi connectivity index (χ2v) is 12.5. The van der Waals surface area contributed by atoms with E-state index in [9.17, 15) is 9.00 Å². The van der Waals surface area contributed by atoms with E-state index < -0.39 is 16.6 Å². The van der Waals surface area contributed by atoms with Crippen molar-refractivity contribution in [1.29, 1.82) is 0 Å². The van der Waals surface area contributed by atoms with Gasteiger partial charge in [-0.2, -0.15) is 0 Å². The third kappa shape index (κ3) is 4.82. The molecule has 7 heteroatoms. The summed E-state index contributed by atoms with van der Waals surface area (Å²) in [5, 5.41) is 0. The van der Waals surface area contributed by atoms with Crippen molar-refractivity contribution in [3.8, 4) is 0 Å². The van der Waals surface area contributed by atoms with E-state index in [-0.39, 0.29) is 22.3 Å². The maximum Gasteiger partial charge on any atom is 0.410 e. The van der Waals surface area contributed by atoms with Crippen LogP contribution in [0, 0.1) is 12.3 Å². The molecule has 0 aromatic carbocycles. The first-order valence-corrected chi connectivity index (χ1v) is 11.6. The van der Waals surface area contributed by atoms with Gasteiger partial charge < -0.3 is 9.64 Å². The predicted octanol–water partition coefficient (Wildman–Crippen LogP) is 4.06. The van der Waals surface area contributed by atoms with Crippen LogP contribution in [-0.2, 0) is 22.1 Å². The number of hydrogen-bond acceptors (Lipinski definition) is 4. The minimum atomic E-state index is -1.18. The average molecular weight is 422 g/mol. The van der Waals surface area contributed by atoms with Crippen molar-refractivity contribution < 1.29 is 13.7 Å². The quantitative estimate of drug-likeness (QED) is 0.782. The van der Waals surface area contributed by atoms with Crippen LogP contribution in [-0.4, -0.2) is 43.6 Å². The second-order valence-electron chi connectivity index (χ2n) is 10.5. The highest BCUT2D eigenvalue weighted by Gasteiger charge is 2.49. The molecule has 1 amide bonds. The fourth-order valence-corrected chi connectivity index (χ4v) is 5.19. The van der Waals surface area contributed by atoms with Crippen LogP contribution in [0.2, 0.25) is 0 Å². The number of piperidine rings is 1. The van der Waals surface area contributed by atoms with E-state index in [0.29, 0.717) is 13.1 Å². The molecule has 1 aliphatic carbocycles. The van der Waals surface area contributed by atoms with Crippen LogP contribution in [0.15, 0.2) is 12.3 Å². The van der Waals surface area contributed by atoms with Crippen molar-refractivity contribution in [2.75, 3.05) is 13.1 Å². The van der Waals surface area contributed by atoms with E-state index in [2.05, 4.69) is 15.8 Å². The van der Waals surface area contributed by atoms with Crippen molar-refractivity contribution >= 4 is 17.1 Å². The van der Waals surface area contributed by atoms with Gasteiger partial charge in [0.2, 0.25) is 0 Å². The molecule has 6 nitrogen and oxygen atoms in total. The maximum atomic E-state index is 12.9. The van der Waals surface area contributed by atoms with Crippen LogP contribution >= 0.6 is 0 Å². The average Bonchev–Trinajstić information content (AvgIpc) is 2.85. The molecule has 1 N–H and O–H groups in total. The molecule has 0 bridgehead atoms. The Labute approximate surface area is 177 Å². The van der Waals surface area contributed by atoms with E-state index in [1.165, 1.54) is 5.56 Å². The molecule has 2 heterocycles. The van der Waals surface area contributed by atoms with Crippen molar-refractivity contribution in [3.05, 3.63) is 29.1 Å². The summed E-state index contributed by atoms with van der Waals surface area (Å²) in [7, 11) is -1.18. The van der Waals surface area contributed by atoms with Crippen molar-refractivity contribution in [2.24, 2.45) is 5.41 Å². The molecule has 1 aliphatic heterocycles. The monoisotopic (exact) mass is 421 g/mol. The number of rotatable bonds is 2. The van der Waals surface area contributed by atoms with Crippen LogP contribution in [0.4, 0.5) is 4.79 Å². The first kappa shape index (κ1) is 22.2. The van der Waals surface area contributed by atoms with Gasteiger partial charge in [-0.1, -0.05) is 0 Å². The van der Waals surface area contributed by atoms with Gasteiger partial charge in [0.1, 0.15) is 5.60 Å². The molecule has 1 aromatic heterocycles. The first-order chi connectivity index (χ1) is 13.3. The lowest BCUT2D eigenvalue weighted by molar-refractivity contribution is 0.00723. The number of ether oxygens (including phenoxy) is 1. The van der Waals surface area contributed by atoms with Crippen LogP contribution in [0.3, 0.4) is 0 Å². The third-order valence-electron chi connectivity index (χ3n) is 5.82. The van der Waals surface area contributed by atoms with Crippen molar-refractivity contribution in [2.45, 2.75) is 84.1 Å². The fraction of sp³-hybridized carbons (Fsp3) is 0.727. The molecule has 1 fully saturated rings.